The molecule has 0 spiro atoms. The lowest BCUT2D eigenvalue weighted by Gasteiger charge is -2.02. The molecule has 0 bridgehead atoms. The van der Waals surface area contributed by atoms with Crippen molar-refractivity contribution < 1.29 is 0 Å². The van der Waals surface area contributed by atoms with Crippen LogP contribution in [0.4, 0.5) is 11.6 Å². The SMILES string of the molecule is c1ccc(Nc2nnc3ccccn23)cc1. The van der Waals surface area contributed by atoms with Crippen molar-refractivity contribution in [2.24, 2.45) is 0 Å². The van der Waals surface area contributed by atoms with Gasteiger partial charge in [-0.2, -0.15) is 0 Å². The summed E-state index contributed by atoms with van der Waals surface area (Å²) >= 11 is 0. The standard InChI is InChI=1S/C12H10N4/c1-2-6-10(7-3-1)13-12-15-14-11-8-4-5-9-16(11)12/h1-9H,(H,13,15). The fraction of sp³-hybridized carbons (Fsp3) is 0. The molecule has 0 atom stereocenters. The first-order valence-electron chi connectivity index (χ1n) is 5.05. The molecule has 78 valence electrons. The maximum absolute atomic E-state index is 4.09. The number of anilines is 2. The van der Waals surface area contributed by atoms with Crippen molar-refractivity contribution in [1.29, 1.82) is 0 Å². The van der Waals surface area contributed by atoms with Gasteiger partial charge in [0.25, 0.3) is 0 Å². The van der Waals surface area contributed by atoms with Crippen LogP contribution in [-0.2, 0) is 0 Å². The summed E-state index contributed by atoms with van der Waals surface area (Å²) in [5.41, 5.74) is 1.83. The molecule has 0 aliphatic heterocycles. The van der Waals surface area contributed by atoms with E-state index in [9.17, 15) is 0 Å². The molecule has 2 aromatic heterocycles. The van der Waals surface area contributed by atoms with Crippen molar-refractivity contribution in [2.45, 2.75) is 0 Å². The molecule has 0 aliphatic rings. The van der Waals surface area contributed by atoms with Gasteiger partial charge in [0, 0.05) is 11.9 Å². The summed E-state index contributed by atoms with van der Waals surface area (Å²) < 4.78 is 1.91. The third-order valence-electron chi connectivity index (χ3n) is 2.34. The second-order valence-corrected chi connectivity index (χ2v) is 3.44. The molecule has 0 aliphatic carbocycles. The monoisotopic (exact) mass is 210 g/mol. The average Bonchev–Trinajstić information content (AvgIpc) is 2.74. The van der Waals surface area contributed by atoms with Gasteiger partial charge >= 0.3 is 0 Å². The van der Waals surface area contributed by atoms with Gasteiger partial charge in [-0.05, 0) is 24.3 Å². The van der Waals surface area contributed by atoms with Gasteiger partial charge in [-0.15, -0.1) is 10.2 Å². The van der Waals surface area contributed by atoms with Gasteiger partial charge in [0.15, 0.2) is 5.65 Å². The lowest BCUT2D eigenvalue weighted by Crippen LogP contribution is -1.95. The molecule has 3 rings (SSSR count). The quantitative estimate of drug-likeness (QED) is 0.706. The van der Waals surface area contributed by atoms with Gasteiger partial charge in [0.05, 0.1) is 0 Å². The Labute approximate surface area is 92.6 Å². The number of aromatic nitrogens is 3. The smallest absolute Gasteiger partial charge is 0.233 e. The van der Waals surface area contributed by atoms with Crippen LogP contribution in [0.1, 0.15) is 0 Å². The highest BCUT2D eigenvalue weighted by Crippen LogP contribution is 2.14. The molecule has 0 saturated heterocycles. The number of hydrogen-bond donors (Lipinski definition) is 1. The first-order valence-corrected chi connectivity index (χ1v) is 5.05. The maximum Gasteiger partial charge on any atom is 0.233 e. The Balaban J connectivity index is 2.01. The number of nitrogens with one attached hydrogen (secondary N) is 1. The molecule has 2 heterocycles. The van der Waals surface area contributed by atoms with Crippen LogP contribution >= 0.6 is 0 Å². The topological polar surface area (TPSA) is 42.2 Å². The number of para-hydroxylation sites is 1. The Morgan fingerprint density at radius 3 is 2.56 bits per heavy atom. The van der Waals surface area contributed by atoms with E-state index in [4.69, 9.17) is 0 Å². The Bertz CT molecular complexity index is 600. The number of pyridine rings is 1. The van der Waals surface area contributed by atoms with E-state index < -0.39 is 0 Å². The molecule has 4 nitrogen and oxygen atoms in total. The van der Waals surface area contributed by atoms with Crippen LogP contribution in [0, 0.1) is 0 Å². The van der Waals surface area contributed by atoms with E-state index >= 15 is 0 Å². The Hall–Kier alpha value is -2.36. The van der Waals surface area contributed by atoms with Gasteiger partial charge in [0.1, 0.15) is 0 Å². The number of hydrogen-bond acceptors (Lipinski definition) is 3. The summed E-state index contributed by atoms with van der Waals surface area (Å²) in [6, 6.07) is 15.7. The predicted octanol–water partition coefficient (Wildman–Crippen LogP) is 2.47. The van der Waals surface area contributed by atoms with Crippen LogP contribution in [0.5, 0.6) is 0 Å². The molecule has 0 unspecified atom stereocenters. The number of nitrogens with zero attached hydrogens (tertiary/aromatic N) is 3. The summed E-state index contributed by atoms with van der Waals surface area (Å²) in [5.74, 6) is 0.724. The highest BCUT2D eigenvalue weighted by atomic mass is 15.3. The van der Waals surface area contributed by atoms with Gasteiger partial charge in [0.2, 0.25) is 5.95 Å². The van der Waals surface area contributed by atoms with E-state index in [0.717, 1.165) is 17.3 Å². The predicted molar refractivity (Wildman–Crippen MR) is 62.7 cm³/mol. The largest absolute Gasteiger partial charge is 0.324 e. The summed E-state index contributed by atoms with van der Waals surface area (Å²) in [5, 5.41) is 11.4. The molecule has 1 N–H and O–H groups in total. The highest BCUT2D eigenvalue weighted by molar-refractivity contribution is 5.56. The van der Waals surface area contributed by atoms with E-state index in [1.165, 1.54) is 0 Å². The minimum atomic E-state index is 0.724. The van der Waals surface area contributed by atoms with Crippen LogP contribution < -0.4 is 5.32 Å². The second kappa shape index (κ2) is 3.66. The van der Waals surface area contributed by atoms with E-state index in [1.54, 1.807) is 0 Å². The zero-order valence-corrected chi connectivity index (χ0v) is 8.54. The number of fused-ring (bicyclic) bond motifs is 1. The summed E-state index contributed by atoms with van der Waals surface area (Å²) in [6.07, 6.45) is 1.93. The zero-order valence-electron chi connectivity index (χ0n) is 8.54. The van der Waals surface area contributed by atoms with Gasteiger partial charge in [-0.1, -0.05) is 24.3 Å². The van der Waals surface area contributed by atoms with Crippen LogP contribution in [0.3, 0.4) is 0 Å². The first-order chi connectivity index (χ1) is 7.93. The van der Waals surface area contributed by atoms with Crippen molar-refractivity contribution in [3.63, 3.8) is 0 Å². The van der Waals surface area contributed by atoms with Gasteiger partial charge < -0.3 is 5.32 Å². The van der Waals surface area contributed by atoms with Crippen molar-refractivity contribution in [3.8, 4) is 0 Å². The highest BCUT2D eigenvalue weighted by Gasteiger charge is 2.03. The van der Waals surface area contributed by atoms with Crippen molar-refractivity contribution >= 4 is 17.3 Å². The molecule has 0 saturated carbocycles. The van der Waals surface area contributed by atoms with Crippen LogP contribution in [0.15, 0.2) is 54.7 Å². The van der Waals surface area contributed by atoms with E-state index in [0.29, 0.717) is 0 Å². The van der Waals surface area contributed by atoms with E-state index in [1.807, 2.05) is 59.1 Å². The molecule has 0 radical (unpaired) electrons. The maximum atomic E-state index is 4.09. The van der Waals surface area contributed by atoms with Crippen molar-refractivity contribution in [1.82, 2.24) is 14.6 Å². The second-order valence-electron chi connectivity index (χ2n) is 3.44. The minimum absolute atomic E-state index is 0.724. The van der Waals surface area contributed by atoms with Crippen LogP contribution in [-0.4, -0.2) is 14.6 Å². The van der Waals surface area contributed by atoms with E-state index in [2.05, 4.69) is 15.5 Å². The van der Waals surface area contributed by atoms with Gasteiger partial charge in [-0.25, -0.2) is 0 Å². The molecule has 0 fully saturated rings. The third-order valence-corrected chi connectivity index (χ3v) is 2.34. The van der Waals surface area contributed by atoms with Crippen LogP contribution in [0.25, 0.3) is 5.65 Å². The molecule has 4 heteroatoms. The van der Waals surface area contributed by atoms with Crippen LogP contribution in [0.2, 0.25) is 0 Å². The Morgan fingerprint density at radius 2 is 1.69 bits per heavy atom. The lowest BCUT2D eigenvalue weighted by atomic mass is 10.3. The first kappa shape index (κ1) is 8.91. The summed E-state index contributed by atoms with van der Waals surface area (Å²) in [4.78, 5) is 0. The number of benzene rings is 1. The van der Waals surface area contributed by atoms with Gasteiger partial charge in [-0.3, -0.25) is 4.40 Å². The Morgan fingerprint density at radius 1 is 0.875 bits per heavy atom. The fourth-order valence-electron chi connectivity index (χ4n) is 1.58. The normalized spacial score (nSPS) is 10.5. The molecule has 16 heavy (non-hydrogen) atoms. The number of rotatable bonds is 2. The molecule has 3 aromatic rings. The zero-order chi connectivity index (χ0) is 10.8. The molecule has 0 amide bonds. The lowest BCUT2D eigenvalue weighted by molar-refractivity contribution is 1.11. The van der Waals surface area contributed by atoms with Crippen molar-refractivity contribution in [2.75, 3.05) is 5.32 Å². The summed E-state index contributed by atoms with van der Waals surface area (Å²) in [7, 11) is 0. The molecular formula is C12H10N4. The molecular weight excluding hydrogens is 200 g/mol. The third kappa shape index (κ3) is 1.50. The minimum Gasteiger partial charge on any atom is -0.324 e. The fourth-order valence-corrected chi connectivity index (χ4v) is 1.58. The van der Waals surface area contributed by atoms with Crippen molar-refractivity contribution in [3.05, 3.63) is 54.7 Å². The average molecular weight is 210 g/mol. The Kier molecular flexibility index (Phi) is 2.04. The van der Waals surface area contributed by atoms with E-state index in [-0.39, 0.29) is 0 Å². The molecule has 1 aromatic carbocycles. The summed E-state index contributed by atoms with van der Waals surface area (Å²) in [6.45, 7) is 0.